The summed E-state index contributed by atoms with van der Waals surface area (Å²) in [6, 6.07) is 5.01. The molecule has 88 valence electrons. The van der Waals surface area contributed by atoms with Crippen molar-refractivity contribution in [3.8, 4) is 11.6 Å². The lowest BCUT2D eigenvalue weighted by atomic mass is 10.3. The molecule has 0 atom stereocenters. The summed E-state index contributed by atoms with van der Waals surface area (Å²) in [5.41, 5.74) is 5.71. The van der Waals surface area contributed by atoms with Crippen LogP contribution in [0.1, 0.15) is 0 Å². The largest absolute Gasteiger partial charge is 0.437 e. The average Bonchev–Trinajstić information content (AvgIpc) is 2.23. The van der Waals surface area contributed by atoms with Crippen molar-refractivity contribution in [1.82, 2.24) is 9.97 Å². The maximum atomic E-state index is 11.2. The third-order valence-corrected chi connectivity index (χ3v) is 2.66. The van der Waals surface area contributed by atoms with Gasteiger partial charge < -0.3 is 15.5 Å². The number of nitrogen functional groups attached to an aromatic ring is 1. The van der Waals surface area contributed by atoms with Crippen LogP contribution in [0.25, 0.3) is 0 Å². The molecule has 0 radical (unpaired) electrons. The summed E-state index contributed by atoms with van der Waals surface area (Å²) < 4.78 is 6.14. The molecule has 0 aliphatic rings. The maximum absolute atomic E-state index is 11.2. The summed E-state index contributed by atoms with van der Waals surface area (Å²) in [5.74, 6) is 0.477. The van der Waals surface area contributed by atoms with E-state index in [1.165, 1.54) is 6.33 Å². The molecule has 0 saturated carbocycles. The van der Waals surface area contributed by atoms with Crippen LogP contribution in [0.15, 0.2) is 33.8 Å². The molecule has 2 rings (SSSR count). The molecule has 2 aromatic rings. The molecule has 0 aliphatic heterocycles. The highest BCUT2D eigenvalue weighted by atomic mass is 79.9. The first kappa shape index (κ1) is 11.9. The SMILES string of the molecule is Nc1cc(Br)cc(Oc2nc[nH]c(=O)c2Cl)c1. The molecule has 7 heteroatoms. The minimum absolute atomic E-state index is 0.0351. The van der Waals surface area contributed by atoms with E-state index in [9.17, 15) is 4.79 Å². The van der Waals surface area contributed by atoms with Crippen LogP contribution in [-0.4, -0.2) is 9.97 Å². The number of hydrogen-bond acceptors (Lipinski definition) is 4. The molecule has 1 aromatic carbocycles. The number of rotatable bonds is 2. The first-order chi connectivity index (χ1) is 8.06. The van der Waals surface area contributed by atoms with Crippen molar-refractivity contribution in [2.24, 2.45) is 0 Å². The zero-order valence-electron chi connectivity index (χ0n) is 8.41. The van der Waals surface area contributed by atoms with Gasteiger partial charge >= 0.3 is 0 Å². The number of aromatic amines is 1. The van der Waals surface area contributed by atoms with E-state index >= 15 is 0 Å². The number of benzene rings is 1. The number of aromatic nitrogens is 2. The molecule has 5 nitrogen and oxygen atoms in total. The van der Waals surface area contributed by atoms with E-state index in [0.717, 1.165) is 4.47 Å². The second kappa shape index (κ2) is 4.77. The lowest BCUT2D eigenvalue weighted by molar-refractivity contribution is 0.461. The van der Waals surface area contributed by atoms with Crippen LogP contribution < -0.4 is 16.0 Å². The molecule has 0 spiro atoms. The highest BCUT2D eigenvalue weighted by Crippen LogP contribution is 2.28. The Hall–Kier alpha value is -1.53. The number of ether oxygens (including phenoxy) is 1. The predicted octanol–water partition coefficient (Wildman–Crippen LogP) is 2.56. The standard InChI is InChI=1S/C10H7BrClN3O2/c11-5-1-6(13)3-7(2-5)17-10-8(12)9(16)14-4-15-10/h1-4H,13H2,(H,14,15,16). The van der Waals surface area contributed by atoms with Gasteiger partial charge in [0, 0.05) is 16.2 Å². The number of anilines is 1. The first-order valence-electron chi connectivity index (χ1n) is 4.53. The van der Waals surface area contributed by atoms with Crippen molar-refractivity contribution in [3.63, 3.8) is 0 Å². The van der Waals surface area contributed by atoms with Gasteiger partial charge in [0.05, 0.1) is 6.33 Å². The molecule has 1 aromatic heterocycles. The molecular weight excluding hydrogens is 309 g/mol. The third kappa shape index (κ3) is 2.78. The van der Waals surface area contributed by atoms with Crippen LogP contribution in [0, 0.1) is 0 Å². The van der Waals surface area contributed by atoms with E-state index in [1.54, 1.807) is 18.2 Å². The summed E-state index contributed by atoms with van der Waals surface area (Å²) in [4.78, 5) is 17.4. The smallest absolute Gasteiger partial charge is 0.273 e. The van der Waals surface area contributed by atoms with E-state index in [2.05, 4.69) is 25.9 Å². The molecule has 3 N–H and O–H groups in total. The van der Waals surface area contributed by atoms with Crippen LogP contribution in [0.3, 0.4) is 0 Å². The van der Waals surface area contributed by atoms with E-state index in [0.29, 0.717) is 11.4 Å². The Kier molecular flexibility index (Phi) is 3.35. The molecule has 0 saturated heterocycles. The lowest BCUT2D eigenvalue weighted by Gasteiger charge is -2.06. The summed E-state index contributed by atoms with van der Waals surface area (Å²) in [5, 5.41) is -0.106. The van der Waals surface area contributed by atoms with Gasteiger partial charge in [-0.25, -0.2) is 4.98 Å². The zero-order valence-corrected chi connectivity index (χ0v) is 10.7. The molecule has 17 heavy (non-hydrogen) atoms. The van der Waals surface area contributed by atoms with Crippen LogP contribution in [-0.2, 0) is 0 Å². The van der Waals surface area contributed by atoms with Gasteiger partial charge in [0.15, 0.2) is 5.02 Å². The van der Waals surface area contributed by atoms with Gasteiger partial charge in [0.1, 0.15) is 5.75 Å². The minimum atomic E-state index is -0.459. The maximum Gasteiger partial charge on any atom is 0.273 e. The molecule has 0 aliphatic carbocycles. The number of H-pyrrole nitrogens is 1. The fraction of sp³-hybridized carbons (Fsp3) is 0. The van der Waals surface area contributed by atoms with Gasteiger partial charge in [-0.05, 0) is 12.1 Å². The Morgan fingerprint density at radius 3 is 2.88 bits per heavy atom. The second-order valence-corrected chi connectivity index (χ2v) is 4.47. The highest BCUT2D eigenvalue weighted by Gasteiger charge is 2.08. The fourth-order valence-corrected chi connectivity index (χ4v) is 1.82. The van der Waals surface area contributed by atoms with Crippen molar-refractivity contribution >= 4 is 33.2 Å². The number of hydrogen-bond donors (Lipinski definition) is 2. The van der Waals surface area contributed by atoms with Gasteiger partial charge in [-0.1, -0.05) is 27.5 Å². The molecular formula is C10H7BrClN3O2. The van der Waals surface area contributed by atoms with Crippen LogP contribution in [0.2, 0.25) is 5.02 Å². The number of nitrogens with two attached hydrogens (primary N) is 1. The zero-order chi connectivity index (χ0) is 12.4. The Labute approximate surface area is 110 Å². The van der Waals surface area contributed by atoms with Crippen molar-refractivity contribution in [1.29, 1.82) is 0 Å². The number of halogens is 2. The average molecular weight is 317 g/mol. The number of nitrogens with one attached hydrogen (secondary N) is 1. The molecule has 0 bridgehead atoms. The summed E-state index contributed by atoms with van der Waals surface area (Å²) >= 11 is 9.03. The van der Waals surface area contributed by atoms with Crippen molar-refractivity contribution in [2.75, 3.05) is 5.73 Å². The van der Waals surface area contributed by atoms with E-state index in [-0.39, 0.29) is 10.9 Å². The highest BCUT2D eigenvalue weighted by molar-refractivity contribution is 9.10. The van der Waals surface area contributed by atoms with E-state index in [1.807, 2.05) is 0 Å². The summed E-state index contributed by atoms with van der Waals surface area (Å²) in [6.45, 7) is 0. The number of nitrogens with zero attached hydrogens (tertiary/aromatic N) is 1. The summed E-state index contributed by atoms with van der Waals surface area (Å²) in [7, 11) is 0. The van der Waals surface area contributed by atoms with Crippen molar-refractivity contribution < 1.29 is 4.74 Å². The lowest BCUT2D eigenvalue weighted by Crippen LogP contribution is -2.07. The second-order valence-electron chi connectivity index (χ2n) is 3.17. The van der Waals surface area contributed by atoms with Gasteiger partial charge in [-0.15, -0.1) is 0 Å². The van der Waals surface area contributed by atoms with Crippen molar-refractivity contribution in [2.45, 2.75) is 0 Å². The Balaban J connectivity index is 2.38. The third-order valence-electron chi connectivity index (χ3n) is 1.87. The monoisotopic (exact) mass is 315 g/mol. The van der Waals surface area contributed by atoms with Crippen molar-refractivity contribution in [3.05, 3.63) is 44.4 Å². The first-order valence-corrected chi connectivity index (χ1v) is 5.70. The van der Waals surface area contributed by atoms with Crippen LogP contribution in [0.5, 0.6) is 11.6 Å². The fourth-order valence-electron chi connectivity index (χ4n) is 1.19. The van der Waals surface area contributed by atoms with Gasteiger partial charge in [-0.3, -0.25) is 4.79 Å². The van der Waals surface area contributed by atoms with Gasteiger partial charge in [0.2, 0.25) is 5.88 Å². The minimum Gasteiger partial charge on any atom is -0.437 e. The predicted molar refractivity (Wildman–Crippen MR) is 68.5 cm³/mol. The van der Waals surface area contributed by atoms with Crippen LogP contribution in [0.4, 0.5) is 5.69 Å². The topological polar surface area (TPSA) is 81.0 Å². The normalized spacial score (nSPS) is 10.2. The Morgan fingerprint density at radius 1 is 1.41 bits per heavy atom. The van der Waals surface area contributed by atoms with E-state index < -0.39 is 5.56 Å². The summed E-state index contributed by atoms with van der Waals surface area (Å²) in [6.07, 6.45) is 1.21. The molecule has 1 heterocycles. The van der Waals surface area contributed by atoms with Crippen LogP contribution >= 0.6 is 27.5 Å². The van der Waals surface area contributed by atoms with E-state index in [4.69, 9.17) is 22.1 Å². The quantitative estimate of drug-likeness (QED) is 0.834. The Morgan fingerprint density at radius 2 is 2.18 bits per heavy atom. The molecule has 0 fully saturated rings. The molecule has 0 unspecified atom stereocenters. The van der Waals surface area contributed by atoms with Gasteiger partial charge in [0.25, 0.3) is 5.56 Å². The Bertz CT molecular complexity index is 594. The molecule has 0 amide bonds. The van der Waals surface area contributed by atoms with Gasteiger partial charge in [-0.2, -0.15) is 0 Å².